The maximum Gasteiger partial charge on any atom is 0.277 e. The predicted octanol–water partition coefficient (Wildman–Crippen LogP) is 3.78. The third kappa shape index (κ3) is 6.07. The fourth-order valence-corrected chi connectivity index (χ4v) is 5.70. The van der Waals surface area contributed by atoms with Crippen LogP contribution in [0.3, 0.4) is 0 Å². The SMILES string of the molecule is N=C/C(=C\CCCc1ccccc1F)CNc1cnc2n(c1=O)[C@H](C(=O)NCc1cc3nnc(N)cc3s1)CC2. The maximum absolute atomic E-state index is 13.8. The minimum absolute atomic E-state index is 0.211. The van der Waals surface area contributed by atoms with Gasteiger partial charge < -0.3 is 21.8 Å². The molecule has 3 aromatic heterocycles. The molecule has 1 aliphatic rings. The minimum Gasteiger partial charge on any atom is -0.382 e. The van der Waals surface area contributed by atoms with Gasteiger partial charge in [-0.05, 0) is 49.0 Å². The first-order valence-corrected chi connectivity index (χ1v) is 13.8. The van der Waals surface area contributed by atoms with Crippen molar-refractivity contribution in [2.24, 2.45) is 0 Å². The summed E-state index contributed by atoms with van der Waals surface area (Å²) in [5, 5.41) is 21.6. The number of nitrogens with two attached hydrogens (primary N) is 1. The number of halogens is 1. The first kappa shape index (κ1) is 27.1. The number of nitrogens with one attached hydrogen (secondary N) is 3. The summed E-state index contributed by atoms with van der Waals surface area (Å²) in [5.41, 5.74) is 7.73. The van der Waals surface area contributed by atoms with Crippen LogP contribution in [-0.4, -0.2) is 38.4 Å². The lowest BCUT2D eigenvalue weighted by atomic mass is 10.1. The molecule has 0 spiro atoms. The molecule has 5 N–H and O–H groups in total. The number of hydrogen-bond donors (Lipinski definition) is 4. The summed E-state index contributed by atoms with van der Waals surface area (Å²) < 4.78 is 16.1. The molecule has 1 aliphatic heterocycles. The largest absolute Gasteiger partial charge is 0.382 e. The fraction of sp³-hybridized carbons (Fsp3) is 0.286. The summed E-state index contributed by atoms with van der Waals surface area (Å²) in [4.78, 5) is 31.7. The highest BCUT2D eigenvalue weighted by Crippen LogP contribution is 2.26. The van der Waals surface area contributed by atoms with Gasteiger partial charge in [-0.15, -0.1) is 21.5 Å². The van der Waals surface area contributed by atoms with Crippen LogP contribution in [0.2, 0.25) is 0 Å². The number of rotatable bonds is 11. The summed E-state index contributed by atoms with van der Waals surface area (Å²) in [6, 6.07) is 9.66. The van der Waals surface area contributed by atoms with E-state index in [2.05, 4.69) is 25.8 Å². The Hall–Kier alpha value is -4.45. The number of aromatic nitrogens is 4. The van der Waals surface area contributed by atoms with Gasteiger partial charge in [-0.3, -0.25) is 14.2 Å². The number of allylic oxidation sites excluding steroid dienone is 1. The highest BCUT2D eigenvalue weighted by Gasteiger charge is 2.31. The van der Waals surface area contributed by atoms with Gasteiger partial charge in [0.2, 0.25) is 5.91 Å². The van der Waals surface area contributed by atoms with Crippen LogP contribution >= 0.6 is 11.3 Å². The van der Waals surface area contributed by atoms with Crippen molar-refractivity contribution in [3.63, 3.8) is 0 Å². The van der Waals surface area contributed by atoms with Crippen molar-refractivity contribution in [2.75, 3.05) is 17.6 Å². The molecule has 206 valence electrons. The second-order valence-corrected chi connectivity index (χ2v) is 10.7. The lowest BCUT2D eigenvalue weighted by Gasteiger charge is -2.15. The second-order valence-electron chi connectivity index (χ2n) is 9.53. The molecule has 40 heavy (non-hydrogen) atoms. The van der Waals surface area contributed by atoms with Crippen molar-refractivity contribution < 1.29 is 9.18 Å². The standard InChI is InChI=1S/C28H29FN8O2S/c29-20-8-4-3-7-18(20)6-2-1-5-17(13-30)14-32-22-16-33-26-10-9-23(37(26)28(22)39)27(38)34-15-19-11-21-24(40-19)12-25(31)36-35-21/h3-5,7-8,11-13,16,23,30,32H,1-2,6,9-10,14-15H2,(H2,31,36)(H,34,38)/b17-5+,30-13?/t23-/m0/s1. The Kier molecular flexibility index (Phi) is 8.25. The van der Waals surface area contributed by atoms with Crippen LogP contribution in [0.5, 0.6) is 0 Å². The summed E-state index contributed by atoms with van der Waals surface area (Å²) in [6.07, 6.45) is 7.65. The van der Waals surface area contributed by atoms with E-state index in [0.717, 1.165) is 16.0 Å². The number of benzene rings is 1. The van der Waals surface area contributed by atoms with E-state index in [1.807, 2.05) is 18.2 Å². The zero-order valence-corrected chi connectivity index (χ0v) is 22.5. The number of amides is 1. The molecule has 0 radical (unpaired) electrons. The molecule has 1 aromatic carbocycles. The Balaban J connectivity index is 1.19. The predicted molar refractivity (Wildman–Crippen MR) is 154 cm³/mol. The number of carbonyl (C=O) groups excluding carboxylic acids is 1. The zero-order valence-electron chi connectivity index (χ0n) is 21.7. The summed E-state index contributed by atoms with van der Waals surface area (Å²) in [6.45, 7) is 0.561. The number of hydrogen-bond acceptors (Lipinski definition) is 9. The summed E-state index contributed by atoms with van der Waals surface area (Å²) >= 11 is 1.48. The lowest BCUT2D eigenvalue weighted by Crippen LogP contribution is -2.36. The molecule has 1 amide bonds. The van der Waals surface area contributed by atoms with E-state index in [1.165, 1.54) is 34.4 Å². The van der Waals surface area contributed by atoms with Gasteiger partial charge in [0.1, 0.15) is 34.7 Å². The van der Waals surface area contributed by atoms with Crippen molar-refractivity contribution >= 4 is 45.2 Å². The fourth-order valence-electron chi connectivity index (χ4n) is 4.72. The highest BCUT2D eigenvalue weighted by molar-refractivity contribution is 7.19. The Morgan fingerprint density at radius 3 is 2.95 bits per heavy atom. The number of nitrogen functional groups attached to an aromatic ring is 1. The number of carbonyl (C=O) groups is 1. The number of aryl methyl sites for hydroxylation is 2. The summed E-state index contributed by atoms with van der Waals surface area (Å²) in [5.74, 6) is 0.446. The van der Waals surface area contributed by atoms with Crippen LogP contribution in [0.25, 0.3) is 10.2 Å². The van der Waals surface area contributed by atoms with Gasteiger partial charge in [0.15, 0.2) is 0 Å². The van der Waals surface area contributed by atoms with Crippen LogP contribution in [0, 0.1) is 11.2 Å². The molecule has 0 fully saturated rings. The van der Waals surface area contributed by atoms with Crippen molar-refractivity contribution in [2.45, 2.75) is 44.7 Å². The quantitative estimate of drug-likeness (QED) is 0.161. The van der Waals surface area contributed by atoms with E-state index in [9.17, 15) is 14.0 Å². The van der Waals surface area contributed by atoms with Gasteiger partial charge in [-0.1, -0.05) is 24.3 Å². The van der Waals surface area contributed by atoms with Gasteiger partial charge in [0, 0.05) is 30.1 Å². The number of fused-ring (bicyclic) bond motifs is 2. The van der Waals surface area contributed by atoms with Crippen LogP contribution in [-0.2, 0) is 24.2 Å². The highest BCUT2D eigenvalue weighted by atomic mass is 32.1. The van der Waals surface area contributed by atoms with Crippen LogP contribution in [0.4, 0.5) is 15.9 Å². The first-order valence-electron chi connectivity index (χ1n) is 13.0. The van der Waals surface area contributed by atoms with E-state index < -0.39 is 6.04 Å². The van der Waals surface area contributed by atoms with Crippen LogP contribution in [0.15, 0.2) is 59.0 Å². The van der Waals surface area contributed by atoms with Gasteiger partial charge >= 0.3 is 0 Å². The Morgan fingerprint density at radius 2 is 2.12 bits per heavy atom. The van der Waals surface area contributed by atoms with Crippen molar-refractivity contribution in [1.29, 1.82) is 5.41 Å². The monoisotopic (exact) mass is 560 g/mol. The van der Waals surface area contributed by atoms with E-state index in [0.29, 0.717) is 60.5 Å². The molecule has 0 bridgehead atoms. The third-order valence-electron chi connectivity index (χ3n) is 6.79. The summed E-state index contributed by atoms with van der Waals surface area (Å²) in [7, 11) is 0. The molecule has 12 heteroatoms. The van der Waals surface area contributed by atoms with Gasteiger partial charge in [-0.25, -0.2) is 9.37 Å². The molecule has 1 atom stereocenters. The van der Waals surface area contributed by atoms with Crippen LogP contribution < -0.4 is 21.9 Å². The Morgan fingerprint density at radius 1 is 1.27 bits per heavy atom. The van der Waals surface area contributed by atoms with E-state index in [4.69, 9.17) is 11.1 Å². The molecule has 0 saturated carbocycles. The third-order valence-corrected chi connectivity index (χ3v) is 7.86. The van der Waals surface area contributed by atoms with Gasteiger partial charge in [0.25, 0.3) is 5.56 Å². The number of thiophene rings is 1. The maximum atomic E-state index is 13.8. The van der Waals surface area contributed by atoms with E-state index >= 15 is 0 Å². The molecule has 4 aromatic rings. The average Bonchev–Trinajstić information content (AvgIpc) is 3.57. The minimum atomic E-state index is -0.655. The molecule has 0 saturated heterocycles. The van der Waals surface area contributed by atoms with Crippen molar-refractivity contribution in [3.05, 3.63) is 86.7 Å². The molecular formula is C28H29FN8O2S. The molecule has 5 rings (SSSR count). The molecule has 10 nitrogen and oxygen atoms in total. The van der Waals surface area contributed by atoms with E-state index in [1.54, 1.807) is 18.2 Å². The van der Waals surface area contributed by atoms with Gasteiger partial charge in [-0.2, -0.15) is 0 Å². The van der Waals surface area contributed by atoms with Crippen LogP contribution in [0.1, 0.15) is 41.6 Å². The van der Waals surface area contributed by atoms with E-state index in [-0.39, 0.29) is 29.5 Å². The first-order chi connectivity index (χ1) is 19.4. The number of anilines is 2. The second kappa shape index (κ2) is 12.2. The Bertz CT molecular complexity index is 1650. The molecule has 0 aliphatic carbocycles. The molecular weight excluding hydrogens is 531 g/mol. The smallest absolute Gasteiger partial charge is 0.277 e. The van der Waals surface area contributed by atoms with Gasteiger partial charge in [0.05, 0.1) is 17.4 Å². The lowest BCUT2D eigenvalue weighted by molar-refractivity contribution is -0.124. The number of nitrogens with zero attached hydrogens (tertiary/aromatic N) is 4. The zero-order chi connectivity index (χ0) is 28.1. The number of unbranched alkanes of at least 4 members (excludes halogenated alkanes) is 1. The molecule has 4 heterocycles. The topological polar surface area (TPSA) is 152 Å². The average molecular weight is 561 g/mol. The molecule has 0 unspecified atom stereocenters. The normalized spacial score (nSPS) is 14.7. The van der Waals surface area contributed by atoms with Crippen molar-refractivity contribution in [1.82, 2.24) is 25.1 Å². The Labute approximate surface area is 233 Å². The van der Waals surface area contributed by atoms with Crippen molar-refractivity contribution in [3.8, 4) is 0 Å².